The molecule has 0 aliphatic rings. The van der Waals surface area contributed by atoms with E-state index in [-0.39, 0.29) is 11.7 Å². The molecule has 0 spiro atoms. The average Bonchev–Trinajstić information content (AvgIpc) is 3.08. The van der Waals surface area contributed by atoms with E-state index in [0.717, 1.165) is 28.3 Å². The van der Waals surface area contributed by atoms with E-state index >= 15 is 0 Å². The van der Waals surface area contributed by atoms with E-state index in [1.165, 1.54) is 0 Å². The molecule has 1 N–H and O–H groups in total. The summed E-state index contributed by atoms with van der Waals surface area (Å²) in [5, 5.41) is 3.54. The lowest BCUT2D eigenvalue weighted by atomic mass is 10.1. The number of methoxy groups -OCH3 is 1. The molecule has 3 rings (SSSR count). The molecule has 1 heterocycles. The number of carbonyl (C=O) groups excluding carboxylic acids is 2. The van der Waals surface area contributed by atoms with Gasteiger partial charge in [0.1, 0.15) is 5.75 Å². The van der Waals surface area contributed by atoms with Gasteiger partial charge in [0.15, 0.2) is 5.78 Å². The molecule has 3 aromatic rings. The number of aromatic nitrogens is 1. The van der Waals surface area contributed by atoms with Crippen molar-refractivity contribution in [2.24, 2.45) is 0 Å². The molecule has 0 radical (unpaired) electrons. The summed E-state index contributed by atoms with van der Waals surface area (Å²) >= 11 is 6.15. The minimum absolute atomic E-state index is 0.00387. The Morgan fingerprint density at radius 1 is 1.10 bits per heavy atom. The molecule has 1 amide bonds. The first-order valence-corrected chi connectivity index (χ1v) is 10.1. The molecule has 0 unspecified atom stereocenters. The molecule has 30 heavy (non-hydrogen) atoms. The van der Waals surface area contributed by atoms with Gasteiger partial charge in [0.2, 0.25) is 5.91 Å². The van der Waals surface area contributed by atoms with E-state index in [1.54, 1.807) is 20.1 Å². The summed E-state index contributed by atoms with van der Waals surface area (Å²) in [7, 11) is 1.62. The highest BCUT2D eigenvalue weighted by Crippen LogP contribution is 2.28. The summed E-state index contributed by atoms with van der Waals surface area (Å²) in [6.07, 6.45) is 0.292. The molecule has 5 nitrogen and oxygen atoms in total. The van der Waals surface area contributed by atoms with Crippen molar-refractivity contribution in [3.63, 3.8) is 0 Å². The van der Waals surface area contributed by atoms with Crippen LogP contribution in [-0.4, -0.2) is 23.4 Å². The van der Waals surface area contributed by atoms with Crippen LogP contribution in [0.15, 0.2) is 54.6 Å². The number of benzene rings is 2. The number of nitrogens with one attached hydrogen (secondary N) is 1. The third kappa shape index (κ3) is 4.92. The van der Waals surface area contributed by atoms with Crippen molar-refractivity contribution in [1.82, 2.24) is 9.88 Å². The SMILES string of the molecule is COc1ccc(-c2cc(C(C)=O)c(C)n2CCC(=O)NCc2ccccc2Cl)cc1. The van der Waals surface area contributed by atoms with Crippen LogP contribution in [0.1, 0.15) is 35.0 Å². The predicted molar refractivity (Wildman–Crippen MR) is 119 cm³/mol. The number of carbonyl (C=O) groups is 2. The van der Waals surface area contributed by atoms with Crippen molar-refractivity contribution in [2.75, 3.05) is 7.11 Å². The minimum Gasteiger partial charge on any atom is -0.497 e. The number of rotatable bonds is 8. The lowest BCUT2D eigenvalue weighted by Gasteiger charge is -2.13. The maximum absolute atomic E-state index is 12.4. The quantitative estimate of drug-likeness (QED) is 0.515. The Balaban J connectivity index is 1.76. The fraction of sp³-hybridized carbons (Fsp3) is 0.250. The van der Waals surface area contributed by atoms with Crippen LogP contribution in [-0.2, 0) is 17.9 Å². The van der Waals surface area contributed by atoms with E-state index in [2.05, 4.69) is 5.32 Å². The zero-order valence-corrected chi connectivity index (χ0v) is 18.1. The highest BCUT2D eigenvalue weighted by Gasteiger charge is 2.17. The van der Waals surface area contributed by atoms with Crippen LogP contribution < -0.4 is 10.1 Å². The summed E-state index contributed by atoms with van der Waals surface area (Å²) < 4.78 is 7.25. The summed E-state index contributed by atoms with van der Waals surface area (Å²) in [6.45, 7) is 4.31. The third-order valence-electron chi connectivity index (χ3n) is 5.13. The van der Waals surface area contributed by atoms with Gasteiger partial charge in [-0.25, -0.2) is 0 Å². The van der Waals surface area contributed by atoms with E-state index < -0.39 is 0 Å². The van der Waals surface area contributed by atoms with Crippen molar-refractivity contribution >= 4 is 23.3 Å². The zero-order valence-electron chi connectivity index (χ0n) is 17.4. The van der Waals surface area contributed by atoms with Crippen LogP contribution in [0.3, 0.4) is 0 Å². The van der Waals surface area contributed by atoms with Gasteiger partial charge in [-0.15, -0.1) is 0 Å². The molecular formula is C24H25ClN2O3. The molecule has 0 saturated heterocycles. The van der Waals surface area contributed by atoms with E-state index in [0.29, 0.717) is 30.1 Å². The number of halogens is 1. The van der Waals surface area contributed by atoms with Crippen molar-refractivity contribution in [3.8, 4) is 17.0 Å². The molecular weight excluding hydrogens is 400 g/mol. The monoisotopic (exact) mass is 424 g/mol. The van der Waals surface area contributed by atoms with Crippen LogP contribution >= 0.6 is 11.6 Å². The van der Waals surface area contributed by atoms with Crippen LogP contribution in [0.2, 0.25) is 5.02 Å². The predicted octanol–water partition coefficient (Wildman–Crippen LogP) is 5.03. The summed E-state index contributed by atoms with van der Waals surface area (Å²) in [6, 6.07) is 17.0. The number of nitrogens with zero attached hydrogens (tertiary/aromatic N) is 1. The Morgan fingerprint density at radius 3 is 2.43 bits per heavy atom. The number of amides is 1. The zero-order chi connectivity index (χ0) is 21.7. The Hall–Kier alpha value is -3.05. The topological polar surface area (TPSA) is 60.3 Å². The van der Waals surface area contributed by atoms with Crippen molar-refractivity contribution in [1.29, 1.82) is 0 Å². The Morgan fingerprint density at radius 2 is 1.80 bits per heavy atom. The lowest BCUT2D eigenvalue weighted by Crippen LogP contribution is -2.24. The molecule has 0 fully saturated rings. The fourth-order valence-electron chi connectivity index (χ4n) is 3.43. The second kappa shape index (κ2) is 9.63. The highest BCUT2D eigenvalue weighted by atomic mass is 35.5. The summed E-state index contributed by atoms with van der Waals surface area (Å²) in [5.74, 6) is 0.691. The van der Waals surface area contributed by atoms with Gasteiger partial charge in [-0.1, -0.05) is 29.8 Å². The molecule has 0 atom stereocenters. The van der Waals surface area contributed by atoms with E-state index in [4.69, 9.17) is 16.3 Å². The first kappa shape index (κ1) is 21.7. The van der Waals surface area contributed by atoms with E-state index in [9.17, 15) is 9.59 Å². The van der Waals surface area contributed by atoms with Gasteiger partial charge < -0.3 is 14.6 Å². The lowest BCUT2D eigenvalue weighted by molar-refractivity contribution is -0.121. The van der Waals surface area contributed by atoms with Gasteiger partial charge in [0, 0.05) is 41.5 Å². The molecule has 0 aliphatic heterocycles. The molecule has 156 valence electrons. The van der Waals surface area contributed by atoms with Crippen molar-refractivity contribution < 1.29 is 14.3 Å². The first-order valence-electron chi connectivity index (χ1n) is 9.76. The molecule has 2 aromatic carbocycles. The van der Waals surface area contributed by atoms with Crippen LogP contribution in [0.25, 0.3) is 11.3 Å². The Bertz CT molecular complexity index is 1050. The number of ether oxygens (including phenoxy) is 1. The molecule has 6 heteroatoms. The van der Waals surface area contributed by atoms with Gasteiger partial charge in [0.25, 0.3) is 0 Å². The minimum atomic E-state index is -0.0759. The van der Waals surface area contributed by atoms with Crippen LogP contribution in [0, 0.1) is 6.92 Å². The van der Waals surface area contributed by atoms with Crippen molar-refractivity contribution in [3.05, 3.63) is 76.4 Å². The van der Waals surface area contributed by atoms with Gasteiger partial charge in [-0.2, -0.15) is 0 Å². The molecule has 0 saturated carbocycles. The number of ketones is 1. The maximum atomic E-state index is 12.4. The van der Waals surface area contributed by atoms with Crippen molar-refractivity contribution in [2.45, 2.75) is 33.4 Å². The smallest absolute Gasteiger partial charge is 0.222 e. The van der Waals surface area contributed by atoms with Gasteiger partial charge >= 0.3 is 0 Å². The van der Waals surface area contributed by atoms with Gasteiger partial charge in [-0.3, -0.25) is 9.59 Å². The average molecular weight is 425 g/mol. The van der Waals surface area contributed by atoms with Gasteiger partial charge in [-0.05, 0) is 61.4 Å². The number of hydrogen-bond acceptors (Lipinski definition) is 3. The van der Waals surface area contributed by atoms with E-state index in [1.807, 2.05) is 60.0 Å². The highest BCUT2D eigenvalue weighted by molar-refractivity contribution is 6.31. The number of hydrogen-bond donors (Lipinski definition) is 1. The second-order valence-electron chi connectivity index (χ2n) is 7.08. The van der Waals surface area contributed by atoms with Crippen LogP contribution in [0.5, 0.6) is 5.75 Å². The Labute approximate surface area is 181 Å². The Kier molecular flexibility index (Phi) is 6.95. The van der Waals surface area contributed by atoms with Gasteiger partial charge in [0.05, 0.1) is 7.11 Å². The number of Topliss-reactive ketones (excluding diaryl/α,β-unsaturated/α-hetero) is 1. The van der Waals surface area contributed by atoms with Crippen LogP contribution in [0.4, 0.5) is 0 Å². The summed E-state index contributed by atoms with van der Waals surface area (Å²) in [5.41, 5.74) is 4.26. The summed E-state index contributed by atoms with van der Waals surface area (Å²) in [4.78, 5) is 24.5. The first-order chi connectivity index (χ1) is 14.4. The third-order valence-corrected chi connectivity index (χ3v) is 5.50. The second-order valence-corrected chi connectivity index (χ2v) is 7.49. The molecule has 0 aliphatic carbocycles. The normalized spacial score (nSPS) is 10.7. The molecule has 0 bridgehead atoms. The molecule has 1 aromatic heterocycles. The largest absolute Gasteiger partial charge is 0.497 e. The standard InChI is InChI=1S/C24H25ClN2O3/c1-16-21(17(2)28)14-23(18-8-10-20(30-3)11-9-18)27(16)13-12-24(29)26-15-19-6-4-5-7-22(19)25/h4-11,14H,12-13,15H2,1-3H3,(H,26,29). The fourth-order valence-corrected chi connectivity index (χ4v) is 3.63. The maximum Gasteiger partial charge on any atom is 0.222 e.